The molecule has 0 spiro atoms. The molecule has 1 unspecified atom stereocenters. The van der Waals surface area contributed by atoms with Gasteiger partial charge in [0.2, 0.25) is 5.91 Å². The van der Waals surface area contributed by atoms with Crippen molar-refractivity contribution in [2.75, 3.05) is 13.1 Å². The van der Waals surface area contributed by atoms with Crippen LogP contribution in [0.4, 0.5) is 0 Å². The number of carbonyl (C=O) groups is 2. The van der Waals surface area contributed by atoms with E-state index in [4.69, 9.17) is 16.5 Å². The van der Waals surface area contributed by atoms with Crippen molar-refractivity contribution >= 4 is 17.6 Å². The Morgan fingerprint density at radius 1 is 0.846 bits per heavy atom. The second kappa shape index (κ2) is 14.3. The van der Waals surface area contributed by atoms with E-state index in [0.717, 1.165) is 50.8 Å². The fourth-order valence-electron chi connectivity index (χ4n) is 7.62. The third-order valence-electron chi connectivity index (χ3n) is 9.94. The van der Waals surface area contributed by atoms with Gasteiger partial charge in [0.1, 0.15) is 5.54 Å². The van der Waals surface area contributed by atoms with Crippen LogP contribution in [0.5, 0.6) is 0 Å². The van der Waals surface area contributed by atoms with Crippen LogP contribution in [0.1, 0.15) is 121 Å². The summed E-state index contributed by atoms with van der Waals surface area (Å²) in [5.41, 5.74) is 12.3. The Labute approximate surface area is 236 Å². The van der Waals surface area contributed by atoms with Crippen LogP contribution in [-0.4, -0.2) is 41.2 Å². The van der Waals surface area contributed by atoms with E-state index in [1.165, 1.54) is 64.2 Å². The van der Waals surface area contributed by atoms with E-state index in [2.05, 4.69) is 0 Å². The molecule has 6 heteroatoms. The molecule has 1 aliphatic heterocycles. The normalized spacial score (nSPS) is 20.9. The first-order valence-corrected chi connectivity index (χ1v) is 15.8. The van der Waals surface area contributed by atoms with Gasteiger partial charge in [-0.25, -0.2) is 4.99 Å². The number of Topliss-reactive ketones (excluding diaryl/α,β-unsaturated/α-hetero) is 1. The van der Waals surface area contributed by atoms with Gasteiger partial charge in [0.05, 0.1) is 5.92 Å². The van der Waals surface area contributed by atoms with Crippen molar-refractivity contribution in [1.82, 2.24) is 4.90 Å². The molecule has 1 aromatic rings. The standard InChI is InChI=1S/C33H52N4O2/c1-25(29-15-9-4-10-16-29)31(39)37-21-19-26(20-22-37)17-18-30(38)33(36-32(34)35,23-27-11-5-2-6-12-27)24-28-13-7-3-8-14-28/h4,9-10,15-16,25-28H,2-3,5-8,11-14,17-24H2,1H3,(H4,34,35,36). The van der Waals surface area contributed by atoms with Gasteiger partial charge in [0, 0.05) is 19.5 Å². The number of hydrogen-bond acceptors (Lipinski definition) is 3. The molecule has 3 aliphatic rings. The van der Waals surface area contributed by atoms with Crippen LogP contribution in [-0.2, 0) is 9.59 Å². The fraction of sp³-hybridized carbons (Fsp3) is 0.727. The summed E-state index contributed by atoms with van der Waals surface area (Å²) in [5.74, 6) is 1.95. The SMILES string of the molecule is CC(C(=O)N1CCC(CCC(=O)C(CC2CCCCC2)(CC2CCCCC2)N=C(N)N)CC1)c1ccccc1. The first-order chi connectivity index (χ1) is 18.9. The van der Waals surface area contributed by atoms with E-state index in [9.17, 15) is 9.59 Å². The summed E-state index contributed by atoms with van der Waals surface area (Å²) in [6.45, 7) is 3.56. The van der Waals surface area contributed by atoms with Gasteiger partial charge in [-0.3, -0.25) is 9.59 Å². The molecule has 1 aromatic carbocycles. The van der Waals surface area contributed by atoms with Gasteiger partial charge >= 0.3 is 0 Å². The number of rotatable bonds is 11. The Morgan fingerprint density at radius 2 is 1.38 bits per heavy atom. The Morgan fingerprint density at radius 3 is 1.90 bits per heavy atom. The average Bonchev–Trinajstić information content (AvgIpc) is 2.96. The number of guanidine groups is 1. The number of likely N-dealkylation sites (tertiary alicyclic amines) is 1. The number of nitrogens with two attached hydrogens (primary N) is 2. The number of piperidine rings is 1. The van der Waals surface area contributed by atoms with Gasteiger partial charge < -0.3 is 16.4 Å². The Bertz CT molecular complexity index is 918. The van der Waals surface area contributed by atoms with Crippen molar-refractivity contribution in [3.8, 4) is 0 Å². The Balaban J connectivity index is 1.37. The first kappa shape index (κ1) is 29.6. The summed E-state index contributed by atoms with van der Waals surface area (Å²) in [6, 6.07) is 10.0. The van der Waals surface area contributed by atoms with Crippen LogP contribution in [0.15, 0.2) is 35.3 Å². The third-order valence-corrected chi connectivity index (χ3v) is 9.94. The molecule has 2 aliphatic carbocycles. The highest BCUT2D eigenvalue weighted by atomic mass is 16.2. The van der Waals surface area contributed by atoms with Crippen molar-refractivity contribution in [3.63, 3.8) is 0 Å². The minimum absolute atomic E-state index is 0.0642. The Hall–Kier alpha value is -2.37. The van der Waals surface area contributed by atoms with Crippen molar-refractivity contribution in [2.45, 2.75) is 121 Å². The Kier molecular flexibility index (Phi) is 10.9. The van der Waals surface area contributed by atoms with Crippen LogP contribution >= 0.6 is 0 Å². The van der Waals surface area contributed by atoms with E-state index in [0.29, 0.717) is 24.2 Å². The van der Waals surface area contributed by atoms with Crippen molar-refractivity contribution in [3.05, 3.63) is 35.9 Å². The molecule has 0 aromatic heterocycles. The molecule has 3 fully saturated rings. The predicted molar refractivity (Wildman–Crippen MR) is 159 cm³/mol. The van der Waals surface area contributed by atoms with Gasteiger partial charge in [-0.1, -0.05) is 94.5 Å². The number of carbonyl (C=O) groups excluding carboxylic acids is 2. The number of amides is 1. The van der Waals surface area contributed by atoms with E-state index < -0.39 is 5.54 Å². The van der Waals surface area contributed by atoms with Gasteiger partial charge in [0.15, 0.2) is 11.7 Å². The molecule has 39 heavy (non-hydrogen) atoms. The topological polar surface area (TPSA) is 102 Å². The summed E-state index contributed by atoms with van der Waals surface area (Å²) in [4.78, 5) is 34.1. The maximum Gasteiger partial charge on any atom is 0.229 e. The molecule has 1 saturated heterocycles. The average molecular weight is 537 g/mol. The first-order valence-electron chi connectivity index (χ1n) is 15.8. The zero-order chi connectivity index (χ0) is 27.7. The summed E-state index contributed by atoms with van der Waals surface area (Å²) in [7, 11) is 0. The lowest BCUT2D eigenvalue weighted by Crippen LogP contribution is -2.45. The molecule has 1 heterocycles. The monoisotopic (exact) mass is 536 g/mol. The lowest BCUT2D eigenvalue weighted by atomic mass is 9.70. The fourth-order valence-corrected chi connectivity index (χ4v) is 7.62. The van der Waals surface area contributed by atoms with Crippen LogP contribution in [0, 0.1) is 17.8 Å². The smallest absolute Gasteiger partial charge is 0.229 e. The molecule has 1 amide bonds. The van der Waals surface area contributed by atoms with Crippen LogP contribution < -0.4 is 11.5 Å². The highest BCUT2D eigenvalue weighted by Gasteiger charge is 2.42. The molecule has 4 rings (SSSR count). The van der Waals surface area contributed by atoms with Gasteiger partial charge in [0.25, 0.3) is 0 Å². The second-order valence-electron chi connectivity index (χ2n) is 12.8. The number of hydrogen-bond donors (Lipinski definition) is 2. The van der Waals surface area contributed by atoms with E-state index in [1.807, 2.05) is 42.2 Å². The lowest BCUT2D eigenvalue weighted by molar-refractivity contribution is -0.134. The zero-order valence-corrected chi connectivity index (χ0v) is 24.3. The molecule has 0 radical (unpaired) electrons. The molecule has 1 atom stereocenters. The van der Waals surface area contributed by atoms with Gasteiger partial charge in [-0.15, -0.1) is 0 Å². The lowest BCUT2D eigenvalue weighted by Gasteiger charge is -2.38. The third kappa shape index (κ3) is 8.31. The van der Waals surface area contributed by atoms with Gasteiger partial charge in [-0.05, 0) is 62.3 Å². The van der Waals surface area contributed by atoms with Crippen LogP contribution in [0.2, 0.25) is 0 Å². The quantitative estimate of drug-likeness (QED) is 0.255. The minimum atomic E-state index is -0.759. The molecule has 216 valence electrons. The molecule has 2 saturated carbocycles. The van der Waals surface area contributed by atoms with E-state index in [-0.39, 0.29) is 23.6 Å². The maximum atomic E-state index is 14.1. The number of benzene rings is 1. The molecule has 6 nitrogen and oxygen atoms in total. The maximum absolute atomic E-state index is 14.1. The summed E-state index contributed by atoms with van der Waals surface area (Å²) < 4.78 is 0. The predicted octanol–water partition coefficient (Wildman–Crippen LogP) is 6.33. The summed E-state index contributed by atoms with van der Waals surface area (Å²) >= 11 is 0. The molecular weight excluding hydrogens is 484 g/mol. The zero-order valence-electron chi connectivity index (χ0n) is 24.3. The number of ketones is 1. The van der Waals surface area contributed by atoms with Gasteiger partial charge in [-0.2, -0.15) is 0 Å². The number of aliphatic imine (C=N–C) groups is 1. The molecule has 0 bridgehead atoms. The highest BCUT2D eigenvalue weighted by Crippen LogP contribution is 2.41. The minimum Gasteiger partial charge on any atom is -0.370 e. The summed E-state index contributed by atoms with van der Waals surface area (Å²) in [5, 5.41) is 0. The molecular formula is C33H52N4O2. The van der Waals surface area contributed by atoms with Crippen LogP contribution in [0.3, 0.4) is 0 Å². The largest absolute Gasteiger partial charge is 0.370 e. The summed E-state index contributed by atoms with van der Waals surface area (Å²) in [6.07, 6.45) is 17.3. The number of nitrogens with zero attached hydrogens (tertiary/aromatic N) is 2. The van der Waals surface area contributed by atoms with Crippen molar-refractivity contribution in [2.24, 2.45) is 34.2 Å². The molecule has 4 N–H and O–H groups in total. The van der Waals surface area contributed by atoms with Crippen LogP contribution in [0.25, 0.3) is 0 Å². The van der Waals surface area contributed by atoms with E-state index in [1.54, 1.807) is 0 Å². The highest BCUT2D eigenvalue weighted by molar-refractivity contribution is 5.91. The van der Waals surface area contributed by atoms with E-state index >= 15 is 0 Å². The van der Waals surface area contributed by atoms with Crippen molar-refractivity contribution < 1.29 is 9.59 Å². The van der Waals surface area contributed by atoms with Crippen molar-refractivity contribution in [1.29, 1.82) is 0 Å². The second-order valence-corrected chi connectivity index (χ2v) is 12.8.